The van der Waals surface area contributed by atoms with E-state index >= 15 is 0 Å². The molecule has 3 heteroatoms. The molecular formula is C9H7N2O. The van der Waals surface area contributed by atoms with Crippen molar-refractivity contribution in [3.8, 4) is 11.4 Å². The first-order chi connectivity index (χ1) is 5.86. The van der Waals surface area contributed by atoms with E-state index in [0.29, 0.717) is 11.7 Å². The van der Waals surface area contributed by atoms with Crippen molar-refractivity contribution < 1.29 is 4.52 Å². The molecule has 1 aromatic heterocycles. The number of rotatable bonds is 1. The number of aryl methyl sites for hydroxylation is 1. The van der Waals surface area contributed by atoms with Crippen molar-refractivity contribution in [2.45, 2.75) is 6.92 Å². The molecule has 0 aliphatic carbocycles. The fourth-order valence-electron chi connectivity index (χ4n) is 0.949. The molecule has 0 atom stereocenters. The van der Waals surface area contributed by atoms with Crippen LogP contribution >= 0.6 is 0 Å². The quantitative estimate of drug-likeness (QED) is 0.637. The van der Waals surface area contributed by atoms with Crippen LogP contribution in [0.1, 0.15) is 5.89 Å². The van der Waals surface area contributed by atoms with Crippen LogP contribution < -0.4 is 0 Å². The van der Waals surface area contributed by atoms with Gasteiger partial charge in [0.1, 0.15) is 0 Å². The second-order valence-electron chi connectivity index (χ2n) is 2.43. The molecular weight excluding hydrogens is 152 g/mol. The van der Waals surface area contributed by atoms with Gasteiger partial charge in [-0.1, -0.05) is 23.4 Å². The largest absolute Gasteiger partial charge is 0.339 e. The zero-order valence-electron chi connectivity index (χ0n) is 6.61. The van der Waals surface area contributed by atoms with Crippen LogP contribution in [0, 0.1) is 13.0 Å². The van der Waals surface area contributed by atoms with Gasteiger partial charge < -0.3 is 4.52 Å². The molecule has 0 amide bonds. The molecule has 12 heavy (non-hydrogen) atoms. The maximum Gasteiger partial charge on any atom is 0.223 e. The molecule has 0 saturated carbocycles. The first-order valence-electron chi connectivity index (χ1n) is 3.63. The van der Waals surface area contributed by atoms with E-state index in [1.165, 1.54) is 0 Å². The van der Waals surface area contributed by atoms with E-state index in [4.69, 9.17) is 4.52 Å². The predicted molar refractivity (Wildman–Crippen MR) is 43.3 cm³/mol. The second kappa shape index (κ2) is 2.77. The summed E-state index contributed by atoms with van der Waals surface area (Å²) in [5, 5.41) is 3.78. The van der Waals surface area contributed by atoms with Crippen LogP contribution in [0.15, 0.2) is 28.8 Å². The molecule has 0 spiro atoms. The van der Waals surface area contributed by atoms with Gasteiger partial charge in [-0.3, -0.25) is 0 Å². The maximum absolute atomic E-state index is 4.84. The predicted octanol–water partition coefficient (Wildman–Crippen LogP) is 1.85. The van der Waals surface area contributed by atoms with Gasteiger partial charge in [0, 0.05) is 12.5 Å². The van der Waals surface area contributed by atoms with Crippen molar-refractivity contribution >= 4 is 0 Å². The highest BCUT2D eigenvalue weighted by atomic mass is 16.5. The SMILES string of the molecule is Cc1nc(-c2c[c]ccc2)no1. The van der Waals surface area contributed by atoms with Crippen LogP contribution in [-0.4, -0.2) is 10.1 Å². The summed E-state index contributed by atoms with van der Waals surface area (Å²) in [4.78, 5) is 4.08. The van der Waals surface area contributed by atoms with Crippen LogP contribution in [0.2, 0.25) is 0 Å². The number of hydrogen-bond acceptors (Lipinski definition) is 3. The van der Waals surface area contributed by atoms with Crippen molar-refractivity contribution in [1.29, 1.82) is 0 Å². The van der Waals surface area contributed by atoms with E-state index in [-0.39, 0.29) is 0 Å². The van der Waals surface area contributed by atoms with Crippen molar-refractivity contribution in [3.05, 3.63) is 36.2 Å². The Morgan fingerprint density at radius 1 is 1.50 bits per heavy atom. The molecule has 0 aliphatic heterocycles. The molecule has 0 saturated heterocycles. The Labute approximate surface area is 70.0 Å². The summed E-state index contributed by atoms with van der Waals surface area (Å²) in [6.07, 6.45) is 0. The molecule has 2 rings (SSSR count). The Morgan fingerprint density at radius 2 is 2.42 bits per heavy atom. The van der Waals surface area contributed by atoms with E-state index in [9.17, 15) is 0 Å². The average Bonchev–Trinajstić information content (AvgIpc) is 2.54. The van der Waals surface area contributed by atoms with Crippen molar-refractivity contribution in [3.63, 3.8) is 0 Å². The number of aromatic nitrogens is 2. The summed E-state index contributed by atoms with van der Waals surface area (Å²) in [7, 11) is 0. The van der Waals surface area contributed by atoms with Crippen molar-refractivity contribution in [2.75, 3.05) is 0 Å². The van der Waals surface area contributed by atoms with Crippen LogP contribution in [0.5, 0.6) is 0 Å². The standard InChI is InChI=1S/C9H7N2O/c1-7-10-9(11-12-7)8-5-3-2-4-6-8/h2-3,5-6H,1H3. The van der Waals surface area contributed by atoms with Gasteiger partial charge in [-0.25, -0.2) is 0 Å². The van der Waals surface area contributed by atoms with Gasteiger partial charge in [-0.2, -0.15) is 4.98 Å². The third-order valence-corrected chi connectivity index (χ3v) is 1.49. The second-order valence-corrected chi connectivity index (χ2v) is 2.43. The molecule has 0 fully saturated rings. The van der Waals surface area contributed by atoms with Crippen molar-refractivity contribution in [2.24, 2.45) is 0 Å². The lowest BCUT2D eigenvalue weighted by molar-refractivity contribution is 0.394. The topological polar surface area (TPSA) is 38.9 Å². The lowest BCUT2D eigenvalue weighted by atomic mass is 10.2. The summed E-state index contributed by atoms with van der Waals surface area (Å²) in [5.41, 5.74) is 0.925. The minimum absolute atomic E-state index is 0.578. The van der Waals surface area contributed by atoms with Gasteiger partial charge in [0.25, 0.3) is 0 Å². The van der Waals surface area contributed by atoms with E-state index in [1.54, 1.807) is 6.92 Å². The van der Waals surface area contributed by atoms with Gasteiger partial charge in [-0.05, 0) is 12.1 Å². The van der Waals surface area contributed by atoms with Gasteiger partial charge in [-0.15, -0.1) is 0 Å². The van der Waals surface area contributed by atoms with Crippen LogP contribution in [0.25, 0.3) is 11.4 Å². The average molecular weight is 159 g/mol. The number of hydrogen-bond donors (Lipinski definition) is 0. The molecule has 0 aliphatic rings. The normalized spacial score (nSPS) is 10.1. The Kier molecular flexibility index (Phi) is 1.63. The van der Waals surface area contributed by atoms with E-state index in [1.807, 2.05) is 24.3 Å². The molecule has 3 nitrogen and oxygen atoms in total. The first-order valence-corrected chi connectivity index (χ1v) is 3.63. The fourth-order valence-corrected chi connectivity index (χ4v) is 0.949. The zero-order valence-corrected chi connectivity index (χ0v) is 6.61. The van der Waals surface area contributed by atoms with E-state index in [0.717, 1.165) is 5.56 Å². The van der Waals surface area contributed by atoms with Crippen molar-refractivity contribution in [1.82, 2.24) is 10.1 Å². The molecule has 59 valence electrons. The lowest BCUT2D eigenvalue weighted by Gasteiger charge is -1.89. The molecule has 2 aromatic rings. The van der Waals surface area contributed by atoms with E-state index < -0.39 is 0 Å². The molecule has 1 aromatic carbocycles. The third-order valence-electron chi connectivity index (χ3n) is 1.49. The lowest BCUT2D eigenvalue weighted by Crippen LogP contribution is -1.78. The highest BCUT2D eigenvalue weighted by molar-refractivity contribution is 5.53. The summed E-state index contributed by atoms with van der Waals surface area (Å²) in [6.45, 7) is 1.77. The Balaban J connectivity index is 2.45. The Morgan fingerprint density at radius 3 is 3.00 bits per heavy atom. The minimum Gasteiger partial charge on any atom is -0.339 e. The van der Waals surface area contributed by atoms with E-state index in [2.05, 4.69) is 16.2 Å². The first kappa shape index (κ1) is 7.03. The van der Waals surface area contributed by atoms with Gasteiger partial charge in [0.2, 0.25) is 11.7 Å². The smallest absolute Gasteiger partial charge is 0.223 e. The third kappa shape index (κ3) is 1.21. The minimum atomic E-state index is 0.578. The van der Waals surface area contributed by atoms with Gasteiger partial charge >= 0.3 is 0 Å². The summed E-state index contributed by atoms with van der Waals surface area (Å²) >= 11 is 0. The Bertz CT molecular complexity index is 367. The monoisotopic (exact) mass is 159 g/mol. The number of benzene rings is 1. The molecule has 1 heterocycles. The summed E-state index contributed by atoms with van der Waals surface area (Å²) < 4.78 is 4.84. The number of nitrogens with zero attached hydrogens (tertiary/aromatic N) is 2. The maximum atomic E-state index is 4.84. The molecule has 0 N–H and O–H groups in total. The highest BCUT2D eigenvalue weighted by Crippen LogP contribution is 2.13. The summed E-state index contributed by atoms with van der Waals surface area (Å²) in [5.74, 6) is 1.19. The fraction of sp³-hybridized carbons (Fsp3) is 0.111. The van der Waals surface area contributed by atoms with Gasteiger partial charge in [0.05, 0.1) is 0 Å². The van der Waals surface area contributed by atoms with Gasteiger partial charge in [0.15, 0.2) is 0 Å². The summed E-state index contributed by atoms with van der Waals surface area (Å²) in [6, 6.07) is 10.4. The Hall–Kier alpha value is -1.64. The molecule has 1 radical (unpaired) electrons. The molecule has 0 bridgehead atoms. The molecule has 0 unspecified atom stereocenters. The van der Waals surface area contributed by atoms with Crippen LogP contribution in [0.3, 0.4) is 0 Å². The van der Waals surface area contributed by atoms with Crippen LogP contribution in [0.4, 0.5) is 0 Å². The van der Waals surface area contributed by atoms with Crippen LogP contribution in [-0.2, 0) is 0 Å². The highest BCUT2D eigenvalue weighted by Gasteiger charge is 2.02. The zero-order chi connectivity index (χ0) is 8.39.